The lowest BCUT2D eigenvalue weighted by atomic mass is 9.99. The standard InChI is InChI=1S/C16H33NO2/c1-14(2)7-6-8-17-9-10-19-15(11-17)12-18-13-16(3,4)5/h14-15H,6-13H2,1-5H3/t15-/m0/s1. The minimum absolute atomic E-state index is 0.242. The molecule has 1 aliphatic heterocycles. The Hall–Kier alpha value is -0.120. The Bertz CT molecular complexity index is 235. The first kappa shape index (κ1) is 16.9. The van der Waals surface area contributed by atoms with E-state index in [9.17, 15) is 0 Å². The lowest BCUT2D eigenvalue weighted by Gasteiger charge is -2.33. The molecule has 0 unspecified atom stereocenters. The van der Waals surface area contributed by atoms with Gasteiger partial charge in [0, 0.05) is 13.1 Å². The minimum atomic E-state index is 0.242. The lowest BCUT2D eigenvalue weighted by molar-refractivity contribution is -0.0776. The summed E-state index contributed by atoms with van der Waals surface area (Å²) < 4.78 is 11.6. The molecule has 1 heterocycles. The van der Waals surface area contributed by atoms with Gasteiger partial charge in [0.1, 0.15) is 0 Å². The van der Waals surface area contributed by atoms with Crippen molar-refractivity contribution in [3.05, 3.63) is 0 Å². The normalized spacial score (nSPS) is 22.1. The van der Waals surface area contributed by atoms with Crippen LogP contribution in [-0.4, -0.2) is 50.5 Å². The molecule has 1 saturated heterocycles. The van der Waals surface area contributed by atoms with Crippen LogP contribution in [0.2, 0.25) is 0 Å². The summed E-state index contributed by atoms with van der Waals surface area (Å²) >= 11 is 0. The Kier molecular flexibility index (Phi) is 7.33. The first-order chi connectivity index (χ1) is 8.87. The molecule has 1 fully saturated rings. The molecule has 1 rings (SSSR count). The topological polar surface area (TPSA) is 21.7 Å². The fraction of sp³-hybridized carbons (Fsp3) is 1.00. The molecular formula is C16H33NO2. The number of ether oxygens (including phenoxy) is 2. The number of rotatable bonds is 7. The molecule has 1 aliphatic rings. The van der Waals surface area contributed by atoms with Crippen LogP contribution in [0.4, 0.5) is 0 Å². The van der Waals surface area contributed by atoms with Gasteiger partial charge in [-0.3, -0.25) is 4.90 Å². The SMILES string of the molecule is CC(C)CCCN1CCO[C@H](COCC(C)(C)C)C1. The maximum atomic E-state index is 5.78. The molecular weight excluding hydrogens is 238 g/mol. The molecule has 3 nitrogen and oxygen atoms in total. The highest BCUT2D eigenvalue weighted by molar-refractivity contribution is 4.72. The predicted octanol–water partition coefficient (Wildman–Crippen LogP) is 3.19. The fourth-order valence-electron chi connectivity index (χ4n) is 2.30. The predicted molar refractivity (Wildman–Crippen MR) is 80.5 cm³/mol. The molecule has 0 amide bonds. The van der Waals surface area contributed by atoms with Crippen LogP contribution in [-0.2, 0) is 9.47 Å². The average Bonchev–Trinajstić information content (AvgIpc) is 2.27. The van der Waals surface area contributed by atoms with Gasteiger partial charge in [0.05, 0.1) is 25.9 Å². The summed E-state index contributed by atoms with van der Waals surface area (Å²) in [6, 6.07) is 0. The summed E-state index contributed by atoms with van der Waals surface area (Å²) in [4.78, 5) is 2.52. The van der Waals surface area contributed by atoms with Crippen LogP contribution < -0.4 is 0 Å². The van der Waals surface area contributed by atoms with Crippen molar-refractivity contribution in [3.63, 3.8) is 0 Å². The Morgan fingerprint density at radius 1 is 1.32 bits per heavy atom. The maximum Gasteiger partial charge on any atom is 0.0935 e. The second-order valence-corrected chi connectivity index (χ2v) is 7.41. The Morgan fingerprint density at radius 2 is 2.05 bits per heavy atom. The van der Waals surface area contributed by atoms with Crippen LogP contribution in [0.3, 0.4) is 0 Å². The van der Waals surface area contributed by atoms with Gasteiger partial charge in [-0.1, -0.05) is 34.6 Å². The molecule has 19 heavy (non-hydrogen) atoms. The second kappa shape index (κ2) is 8.23. The van der Waals surface area contributed by atoms with E-state index in [0.29, 0.717) is 0 Å². The number of hydrogen-bond donors (Lipinski definition) is 0. The van der Waals surface area contributed by atoms with Crippen LogP contribution in [0.25, 0.3) is 0 Å². The molecule has 0 radical (unpaired) electrons. The van der Waals surface area contributed by atoms with Gasteiger partial charge in [-0.15, -0.1) is 0 Å². The van der Waals surface area contributed by atoms with Gasteiger partial charge in [0.2, 0.25) is 0 Å². The summed E-state index contributed by atoms with van der Waals surface area (Å²) in [6.07, 6.45) is 2.88. The summed E-state index contributed by atoms with van der Waals surface area (Å²) in [7, 11) is 0. The van der Waals surface area contributed by atoms with Crippen molar-refractivity contribution >= 4 is 0 Å². The van der Waals surface area contributed by atoms with E-state index in [1.165, 1.54) is 19.4 Å². The van der Waals surface area contributed by atoms with E-state index in [0.717, 1.165) is 38.8 Å². The molecule has 0 aliphatic carbocycles. The van der Waals surface area contributed by atoms with E-state index < -0.39 is 0 Å². The zero-order chi connectivity index (χ0) is 14.3. The van der Waals surface area contributed by atoms with E-state index in [2.05, 4.69) is 39.5 Å². The zero-order valence-electron chi connectivity index (χ0n) is 13.6. The molecule has 0 aromatic heterocycles. The molecule has 3 heteroatoms. The third-order valence-electron chi connectivity index (χ3n) is 3.32. The van der Waals surface area contributed by atoms with Crippen molar-refractivity contribution in [2.45, 2.75) is 53.6 Å². The zero-order valence-corrected chi connectivity index (χ0v) is 13.6. The summed E-state index contributed by atoms with van der Waals surface area (Å²) in [6.45, 7) is 16.9. The Labute approximate surface area is 119 Å². The van der Waals surface area contributed by atoms with Crippen LogP contribution in [0, 0.1) is 11.3 Å². The first-order valence-corrected chi connectivity index (χ1v) is 7.78. The van der Waals surface area contributed by atoms with E-state index in [1.807, 2.05) is 0 Å². The highest BCUT2D eigenvalue weighted by Gasteiger charge is 2.21. The van der Waals surface area contributed by atoms with E-state index in [4.69, 9.17) is 9.47 Å². The first-order valence-electron chi connectivity index (χ1n) is 7.78. The number of morpholine rings is 1. The highest BCUT2D eigenvalue weighted by atomic mass is 16.5. The number of nitrogens with zero attached hydrogens (tertiary/aromatic N) is 1. The van der Waals surface area contributed by atoms with Crippen LogP contribution in [0.1, 0.15) is 47.5 Å². The molecule has 0 aromatic rings. The second-order valence-electron chi connectivity index (χ2n) is 7.41. The van der Waals surface area contributed by atoms with Gasteiger partial charge in [0.15, 0.2) is 0 Å². The van der Waals surface area contributed by atoms with Crippen molar-refractivity contribution in [2.24, 2.45) is 11.3 Å². The van der Waals surface area contributed by atoms with Gasteiger partial charge in [-0.25, -0.2) is 0 Å². The molecule has 1 atom stereocenters. The molecule has 0 aromatic carbocycles. The third kappa shape index (κ3) is 8.61. The molecule has 0 spiro atoms. The van der Waals surface area contributed by atoms with Crippen molar-refractivity contribution in [1.29, 1.82) is 0 Å². The number of hydrogen-bond acceptors (Lipinski definition) is 3. The van der Waals surface area contributed by atoms with Gasteiger partial charge in [-0.2, -0.15) is 0 Å². The monoisotopic (exact) mass is 271 g/mol. The minimum Gasteiger partial charge on any atom is -0.378 e. The van der Waals surface area contributed by atoms with Crippen molar-refractivity contribution in [2.75, 3.05) is 39.5 Å². The lowest BCUT2D eigenvalue weighted by Crippen LogP contribution is -2.45. The van der Waals surface area contributed by atoms with Gasteiger partial charge in [0.25, 0.3) is 0 Å². The van der Waals surface area contributed by atoms with Crippen molar-refractivity contribution < 1.29 is 9.47 Å². The largest absolute Gasteiger partial charge is 0.378 e. The highest BCUT2D eigenvalue weighted by Crippen LogP contribution is 2.14. The van der Waals surface area contributed by atoms with Crippen LogP contribution in [0.15, 0.2) is 0 Å². The molecule has 0 bridgehead atoms. The van der Waals surface area contributed by atoms with Gasteiger partial charge in [-0.05, 0) is 30.7 Å². The van der Waals surface area contributed by atoms with Gasteiger partial charge < -0.3 is 9.47 Å². The van der Waals surface area contributed by atoms with Crippen molar-refractivity contribution in [1.82, 2.24) is 4.90 Å². The smallest absolute Gasteiger partial charge is 0.0935 e. The molecule has 0 saturated carbocycles. The summed E-state index contributed by atoms with van der Waals surface area (Å²) in [5.74, 6) is 0.812. The van der Waals surface area contributed by atoms with Gasteiger partial charge >= 0.3 is 0 Å². The van der Waals surface area contributed by atoms with Crippen LogP contribution in [0.5, 0.6) is 0 Å². The summed E-state index contributed by atoms with van der Waals surface area (Å²) in [5, 5.41) is 0. The van der Waals surface area contributed by atoms with Crippen LogP contribution >= 0.6 is 0 Å². The summed E-state index contributed by atoms with van der Waals surface area (Å²) in [5.41, 5.74) is 0.242. The molecule has 114 valence electrons. The van der Waals surface area contributed by atoms with E-state index in [1.54, 1.807) is 0 Å². The van der Waals surface area contributed by atoms with Crippen molar-refractivity contribution in [3.8, 4) is 0 Å². The maximum absolute atomic E-state index is 5.78. The average molecular weight is 271 g/mol. The van der Waals surface area contributed by atoms with E-state index in [-0.39, 0.29) is 11.5 Å². The molecule has 0 N–H and O–H groups in total. The van der Waals surface area contributed by atoms with E-state index >= 15 is 0 Å². The fourth-order valence-corrected chi connectivity index (χ4v) is 2.30. The Morgan fingerprint density at radius 3 is 2.68 bits per heavy atom. The Balaban J connectivity index is 2.15. The quantitative estimate of drug-likeness (QED) is 0.710. The third-order valence-corrected chi connectivity index (χ3v) is 3.32.